The van der Waals surface area contributed by atoms with E-state index in [2.05, 4.69) is 257 Å². The molecule has 0 fully saturated rings. The van der Waals surface area contributed by atoms with Crippen LogP contribution in [0, 0.1) is 11.6 Å². The third kappa shape index (κ3) is 11.0. The van der Waals surface area contributed by atoms with E-state index in [-0.39, 0.29) is 22.5 Å². The van der Waals surface area contributed by atoms with Gasteiger partial charge in [-0.25, -0.2) is 8.78 Å². The van der Waals surface area contributed by atoms with Crippen molar-refractivity contribution in [2.45, 2.75) is 67.6 Å². The first-order chi connectivity index (χ1) is 58.1. The summed E-state index contributed by atoms with van der Waals surface area (Å²) in [5.41, 5.74) is 26.2. The van der Waals surface area contributed by atoms with Gasteiger partial charge in [0, 0.05) is 61.1 Å². The van der Waals surface area contributed by atoms with Crippen molar-refractivity contribution in [2.24, 2.45) is 0 Å². The van der Waals surface area contributed by atoms with Gasteiger partial charge in [-0.1, -0.05) is 235 Å². The number of furan rings is 2. The number of nitrogens with zero attached hydrogens (tertiary/aromatic N) is 2. The summed E-state index contributed by atoms with van der Waals surface area (Å²) in [5.74, 6) is 2.21. The summed E-state index contributed by atoms with van der Waals surface area (Å²) >= 11 is 0. The number of para-hydroxylation sites is 2. The highest BCUT2D eigenvalue weighted by Crippen LogP contribution is 2.66. The number of rotatable bonds is 16. The zero-order valence-electron chi connectivity index (χ0n) is 66.3. The molecule has 0 bridgehead atoms. The lowest BCUT2D eigenvalue weighted by Crippen LogP contribution is -2.29. The van der Waals surface area contributed by atoms with Crippen LogP contribution in [0.2, 0.25) is 0 Å². The second-order valence-electron chi connectivity index (χ2n) is 33.8. The summed E-state index contributed by atoms with van der Waals surface area (Å²) in [6.07, 6.45) is 5.38. The van der Waals surface area contributed by atoms with Crippen molar-refractivity contribution >= 4 is 90.2 Å². The molecule has 16 aromatic carbocycles. The van der Waals surface area contributed by atoms with Crippen molar-refractivity contribution in [1.82, 2.24) is 0 Å². The maximum Gasteiger partial charge on any atom is 0.135 e. The summed E-state index contributed by atoms with van der Waals surface area (Å²) in [7, 11) is 0. The van der Waals surface area contributed by atoms with E-state index in [1.165, 1.54) is 22.3 Å². The number of halogens is 2. The van der Waals surface area contributed by atoms with Gasteiger partial charge in [-0.2, -0.15) is 0 Å². The van der Waals surface area contributed by atoms with Crippen LogP contribution in [0.5, 0.6) is 23.0 Å². The van der Waals surface area contributed by atoms with Crippen LogP contribution in [0.1, 0.15) is 118 Å². The number of anilines is 6. The molecule has 119 heavy (non-hydrogen) atoms. The molecule has 2 aromatic heterocycles. The molecule has 0 saturated heterocycles. The molecule has 0 aliphatic heterocycles. The van der Waals surface area contributed by atoms with Crippen LogP contribution in [-0.2, 0) is 27.1 Å². The Morgan fingerprint density at radius 2 is 0.588 bits per heavy atom. The highest BCUT2D eigenvalue weighted by molar-refractivity contribution is 6.08. The van der Waals surface area contributed by atoms with Crippen LogP contribution in [0.4, 0.5) is 42.9 Å². The number of ether oxygens (including phenoxy) is 2. The quantitative estimate of drug-likeness (QED) is 0.0961. The largest absolute Gasteiger partial charge is 0.457 e. The molecule has 2 heterocycles. The van der Waals surface area contributed by atoms with E-state index in [4.69, 9.17) is 18.3 Å². The van der Waals surface area contributed by atoms with Crippen LogP contribution in [0.15, 0.2) is 374 Å². The van der Waals surface area contributed by atoms with Gasteiger partial charge in [-0.15, -0.1) is 0 Å². The summed E-state index contributed by atoms with van der Waals surface area (Å²) in [6.45, 7) is 17.7. The molecule has 6 nitrogen and oxygen atoms in total. The minimum atomic E-state index is -0.913. The first kappa shape index (κ1) is 71.2. The number of fused-ring (bicyclic) bond motifs is 16. The second kappa shape index (κ2) is 26.9. The van der Waals surface area contributed by atoms with Gasteiger partial charge in [0.25, 0.3) is 0 Å². The minimum absolute atomic E-state index is 0.265. The van der Waals surface area contributed by atoms with Gasteiger partial charge in [-0.3, -0.25) is 0 Å². The zero-order chi connectivity index (χ0) is 80.3. The summed E-state index contributed by atoms with van der Waals surface area (Å²) in [5, 5.41) is 4.10. The van der Waals surface area contributed by atoms with Gasteiger partial charge in [0.2, 0.25) is 0 Å². The predicted molar refractivity (Wildman–Crippen MR) is 481 cm³/mol. The first-order valence-electron chi connectivity index (χ1n) is 40.8. The Hall–Kier alpha value is -14.3. The molecule has 8 heteroatoms. The van der Waals surface area contributed by atoms with Crippen LogP contribution in [0.25, 0.3) is 78.3 Å². The van der Waals surface area contributed by atoms with E-state index in [9.17, 15) is 0 Å². The fraction of sp³-hybridized carbons (Fsp3) is 0.0991. The Balaban J connectivity index is 0.730. The maximum atomic E-state index is 15.6. The van der Waals surface area contributed by atoms with Crippen LogP contribution in [-0.4, -0.2) is 0 Å². The fourth-order valence-electron chi connectivity index (χ4n) is 21.2. The van der Waals surface area contributed by atoms with Gasteiger partial charge in [0.1, 0.15) is 57.0 Å². The summed E-state index contributed by atoms with van der Waals surface area (Å²) in [4.78, 5) is 4.90. The summed E-state index contributed by atoms with van der Waals surface area (Å²) in [6, 6.07) is 123. The lowest BCUT2D eigenvalue weighted by Gasteiger charge is -2.35. The maximum absolute atomic E-state index is 15.6. The molecular formula is C111H80F2N2O4. The molecule has 18 aromatic rings. The summed E-state index contributed by atoms with van der Waals surface area (Å²) < 4.78 is 57.5. The molecule has 1 spiro atoms. The van der Waals surface area contributed by atoms with E-state index in [0.29, 0.717) is 11.5 Å². The molecule has 2 unspecified atom stereocenters. The fourth-order valence-corrected chi connectivity index (χ4v) is 21.2. The average Bonchev–Trinajstić information content (AvgIpc) is 1.54. The van der Waals surface area contributed by atoms with Gasteiger partial charge < -0.3 is 28.1 Å². The predicted octanol–water partition coefficient (Wildman–Crippen LogP) is 29.9. The lowest BCUT2D eigenvalue weighted by molar-refractivity contribution is 0.349. The highest BCUT2D eigenvalue weighted by atomic mass is 19.1. The minimum Gasteiger partial charge on any atom is -0.457 e. The zero-order valence-corrected chi connectivity index (χ0v) is 66.3. The lowest BCUT2D eigenvalue weighted by atomic mass is 9.67. The van der Waals surface area contributed by atoms with Gasteiger partial charge in [-0.05, 0) is 294 Å². The third-order valence-electron chi connectivity index (χ3n) is 26.1. The van der Waals surface area contributed by atoms with Crippen LogP contribution < -0.4 is 19.3 Å². The molecule has 0 saturated carbocycles. The highest BCUT2D eigenvalue weighted by Gasteiger charge is 2.57. The standard InChI is InChI=1S/C111H80F2N2O4/c1-7-69-25-47-83(48-26-69)116-85-51-33-73(34-52-85)110(71-29-37-75(112)38-30-71)95-21-13-9-17-87(95)89-55-41-79(63-99(89)110)114(77-45-59-105-93(61-77)91-19-11-15-23-103(91)118-105)81-43-57-97-101(65-81)109(67-107(97,3)4)68-108(5,6)98-58-44-82(66-102(98)109)115(78-46-60-106-94(62-78)92-20-12-16-24-104(92)119-106)80-42-56-90-88-18-10-14-22-96(88)111(100(90)64-80,72-31-39-76(113)40-32-72)74-35-53-86(54-36-74)117-84-49-27-70(8-2)28-50-84/h7-66H,1-2,67-68H2,3-6H3. The van der Waals surface area contributed by atoms with Crippen molar-refractivity contribution in [3.05, 3.63) is 455 Å². The van der Waals surface area contributed by atoms with Gasteiger partial charge in [0.15, 0.2) is 0 Å². The Morgan fingerprint density at radius 1 is 0.286 bits per heavy atom. The van der Waals surface area contributed by atoms with Crippen molar-refractivity contribution in [3.63, 3.8) is 0 Å². The van der Waals surface area contributed by atoms with E-state index in [1.807, 2.05) is 133 Å². The smallest absolute Gasteiger partial charge is 0.135 e. The van der Waals surface area contributed by atoms with E-state index in [0.717, 1.165) is 180 Å². The van der Waals surface area contributed by atoms with Crippen molar-refractivity contribution in [1.29, 1.82) is 0 Å². The van der Waals surface area contributed by atoms with Crippen molar-refractivity contribution in [3.8, 4) is 45.3 Å². The van der Waals surface area contributed by atoms with Gasteiger partial charge in [0.05, 0.1) is 10.8 Å². The molecule has 0 N–H and O–H groups in total. The Kier molecular flexibility index (Phi) is 16.1. The van der Waals surface area contributed by atoms with E-state index in [1.54, 1.807) is 24.3 Å². The molecule has 2 atom stereocenters. The van der Waals surface area contributed by atoms with Gasteiger partial charge >= 0.3 is 0 Å². The van der Waals surface area contributed by atoms with Crippen molar-refractivity contribution in [2.75, 3.05) is 9.80 Å². The molecule has 4 aliphatic rings. The number of benzene rings is 16. The Bertz CT molecular complexity index is 6750. The molecule has 4 aliphatic carbocycles. The van der Waals surface area contributed by atoms with E-state index >= 15 is 8.78 Å². The Morgan fingerprint density at radius 3 is 0.975 bits per heavy atom. The third-order valence-corrected chi connectivity index (χ3v) is 26.1. The topological polar surface area (TPSA) is 51.2 Å². The molecule has 0 amide bonds. The molecule has 0 radical (unpaired) electrons. The molecule has 572 valence electrons. The first-order valence-corrected chi connectivity index (χ1v) is 40.8. The Labute approximate surface area is 690 Å². The number of hydrogen-bond acceptors (Lipinski definition) is 6. The second-order valence-corrected chi connectivity index (χ2v) is 33.8. The average molecular weight is 1540 g/mol. The SMILES string of the molecule is C=Cc1ccc(Oc2ccc(C3(c4ccc(F)cc4)c4ccccc4-c4ccc(N(c5ccc6c(c5)C5(CC6(C)C)CC(C)(C)c6ccc(N(c7ccc8c(c7)C(c7ccc(F)cc7)(c7ccc(Oc9ccc(C=C)cc9)cc7)c7ccccc7-8)c7ccc8oc9ccccc9c8c7)cc65)c5ccc6oc7ccccc7c6c5)cc43)cc2)cc1. The monoisotopic (exact) mass is 1540 g/mol. The molecular weight excluding hydrogens is 1460 g/mol. The van der Waals surface area contributed by atoms with Crippen LogP contribution >= 0.6 is 0 Å². The molecule has 22 rings (SSSR count). The number of hydrogen-bond donors (Lipinski definition) is 0. The van der Waals surface area contributed by atoms with Crippen LogP contribution in [0.3, 0.4) is 0 Å². The van der Waals surface area contributed by atoms with E-state index < -0.39 is 16.2 Å². The normalized spacial score (nSPS) is 17.4. The van der Waals surface area contributed by atoms with Crippen molar-refractivity contribution < 1.29 is 27.1 Å².